The quantitative estimate of drug-likeness (QED) is 0.830. The monoisotopic (exact) mass is 282 g/mol. The van der Waals surface area contributed by atoms with Crippen LogP contribution < -0.4 is 4.74 Å². The molecular formula is C18H22N2O. The van der Waals surface area contributed by atoms with E-state index >= 15 is 0 Å². The molecule has 0 saturated carbocycles. The van der Waals surface area contributed by atoms with E-state index in [1.807, 2.05) is 36.4 Å². The summed E-state index contributed by atoms with van der Waals surface area (Å²) in [7, 11) is 0. The topological polar surface area (TPSA) is 25.4 Å². The molecule has 1 atom stereocenters. The minimum Gasteiger partial charge on any atom is -0.439 e. The standard InChI is InChI=1S/C18H22N2O/c1-14(2)20-13-7-11-17(20)16-10-6-12-19-18(16)21-15-8-4-3-5-9-15/h3-6,8-10,12,14,17H,7,11,13H2,1-2H3/t17-/m1/s1. The molecule has 0 radical (unpaired) electrons. The maximum Gasteiger partial charge on any atom is 0.223 e. The van der Waals surface area contributed by atoms with E-state index in [2.05, 4.69) is 29.8 Å². The molecule has 2 aromatic rings. The van der Waals surface area contributed by atoms with Crippen molar-refractivity contribution in [2.75, 3.05) is 6.54 Å². The van der Waals surface area contributed by atoms with Gasteiger partial charge >= 0.3 is 0 Å². The van der Waals surface area contributed by atoms with Crippen molar-refractivity contribution in [3.8, 4) is 11.6 Å². The number of hydrogen-bond acceptors (Lipinski definition) is 3. The second-order valence-corrected chi connectivity index (χ2v) is 5.80. The summed E-state index contributed by atoms with van der Waals surface area (Å²) in [5, 5.41) is 0. The second-order valence-electron chi connectivity index (χ2n) is 5.80. The zero-order chi connectivity index (χ0) is 14.7. The summed E-state index contributed by atoms with van der Waals surface area (Å²) in [6.07, 6.45) is 4.22. The molecule has 1 fully saturated rings. The number of para-hydroxylation sites is 1. The third kappa shape index (κ3) is 3.08. The Morgan fingerprint density at radius 3 is 2.71 bits per heavy atom. The van der Waals surface area contributed by atoms with Crippen molar-refractivity contribution < 1.29 is 4.74 Å². The van der Waals surface area contributed by atoms with Gasteiger partial charge in [0, 0.05) is 23.8 Å². The first kappa shape index (κ1) is 14.1. The van der Waals surface area contributed by atoms with Gasteiger partial charge in [-0.1, -0.05) is 24.3 Å². The van der Waals surface area contributed by atoms with E-state index in [0.717, 1.165) is 18.2 Å². The van der Waals surface area contributed by atoms with Crippen molar-refractivity contribution in [3.63, 3.8) is 0 Å². The van der Waals surface area contributed by atoms with Crippen LogP contribution in [-0.4, -0.2) is 22.5 Å². The third-order valence-corrected chi connectivity index (χ3v) is 4.07. The molecule has 21 heavy (non-hydrogen) atoms. The number of nitrogens with zero attached hydrogens (tertiary/aromatic N) is 2. The highest BCUT2D eigenvalue weighted by Gasteiger charge is 2.30. The summed E-state index contributed by atoms with van der Waals surface area (Å²) in [6, 6.07) is 15.0. The molecule has 3 heteroatoms. The zero-order valence-electron chi connectivity index (χ0n) is 12.7. The van der Waals surface area contributed by atoms with Crippen LogP contribution in [0.15, 0.2) is 48.7 Å². The van der Waals surface area contributed by atoms with Gasteiger partial charge in [-0.25, -0.2) is 4.98 Å². The number of benzene rings is 1. The highest BCUT2D eigenvalue weighted by Crippen LogP contribution is 2.38. The van der Waals surface area contributed by atoms with E-state index in [-0.39, 0.29) is 0 Å². The van der Waals surface area contributed by atoms with Crippen LogP contribution in [0.25, 0.3) is 0 Å². The first-order chi connectivity index (χ1) is 10.3. The lowest BCUT2D eigenvalue weighted by Crippen LogP contribution is -2.30. The van der Waals surface area contributed by atoms with Crippen LogP contribution in [0.1, 0.15) is 38.3 Å². The summed E-state index contributed by atoms with van der Waals surface area (Å²) < 4.78 is 6.01. The normalized spacial score (nSPS) is 19.1. The van der Waals surface area contributed by atoms with Crippen LogP contribution in [0.2, 0.25) is 0 Å². The maximum atomic E-state index is 6.01. The van der Waals surface area contributed by atoms with Gasteiger partial charge in [0.15, 0.2) is 0 Å². The molecule has 1 aliphatic heterocycles. The van der Waals surface area contributed by atoms with Gasteiger partial charge in [-0.3, -0.25) is 4.90 Å². The molecule has 110 valence electrons. The van der Waals surface area contributed by atoms with Crippen LogP contribution in [0.3, 0.4) is 0 Å². The SMILES string of the molecule is CC(C)N1CCC[C@@H]1c1cccnc1Oc1ccccc1. The molecule has 3 rings (SSSR count). The molecule has 3 nitrogen and oxygen atoms in total. The Kier molecular flexibility index (Phi) is 4.20. The summed E-state index contributed by atoms with van der Waals surface area (Å²) in [4.78, 5) is 7.00. The van der Waals surface area contributed by atoms with Crippen molar-refractivity contribution in [1.29, 1.82) is 0 Å². The van der Waals surface area contributed by atoms with E-state index in [1.165, 1.54) is 18.4 Å². The molecule has 0 bridgehead atoms. The Balaban J connectivity index is 1.89. The fraction of sp³-hybridized carbons (Fsp3) is 0.389. The van der Waals surface area contributed by atoms with E-state index in [1.54, 1.807) is 6.20 Å². The molecule has 0 amide bonds. The number of hydrogen-bond donors (Lipinski definition) is 0. The molecule has 0 aliphatic carbocycles. The van der Waals surface area contributed by atoms with Crippen LogP contribution in [0, 0.1) is 0 Å². The predicted molar refractivity (Wildman–Crippen MR) is 84.6 cm³/mol. The number of pyridine rings is 1. The summed E-state index contributed by atoms with van der Waals surface area (Å²) in [6.45, 7) is 5.67. The average Bonchev–Trinajstić information content (AvgIpc) is 2.98. The molecule has 0 spiro atoms. The Hall–Kier alpha value is -1.87. The Morgan fingerprint density at radius 1 is 1.14 bits per heavy atom. The molecule has 1 aromatic heterocycles. The van der Waals surface area contributed by atoms with Gasteiger partial charge in [-0.2, -0.15) is 0 Å². The highest BCUT2D eigenvalue weighted by molar-refractivity contribution is 5.34. The van der Waals surface area contributed by atoms with Crippen molar-refractivity contribution in [1.82, 2.24) is 9.88 Å². The molecule has 0 unspecified atom stereocenters. The fourth-order valence-corrected chi connectivity index (χ4v) is 3.08. The van der Waals surface area contributed by atoms with Gasteiger partial charge in [0.1, 0.15) is 5.75 Å². The lowest BCUT2D eigenvalue weighted by Gasteiger charge is -2.29. The Bertz CT molecular complexity index is 583. The van der Waals surface area contributed by atoms with Gasteiger partial charge in [0.05, 0.1) is 0 Å². The van der Waals surface area contributed by atoms with Gasteiger partial charge in [0.2, 0.25) is 5.88 Å². The number of rotatable bonds is 4. The number of likely N-dealkylation sites (tertiary alicyclic amines) is 1. The van der Waals surface area contributed by atoms with Gasteiger partial charge in [0.25, 0.3) is 0 Å². The summed E-state index contributed by atoms with van der Waals surface area (Å²) >= 11 is 0. The average molecular weight is 282 g/mol. The maximum absolute atomic E-state index is 6.01. The minimum absolute atomic E-state index is 0.414. The number of aromatic nitrogens is 1. The van der Waals surface area contributed by atoms with E-state index in [4.69, 9.17) is 4.74 Å². The molecule has 1 aromatic carbocycles. The van der Waals surface area contributed by atoms with E-state index in [0.29, 0.717) is 12.1 Å². The summed E-state index contributed by atoms with van der Waals surface area (Å²) in [5.74, 6) is 1.58. The van der Waals surface area contributed by atoms with Gasteiger partial charge in [-0.05, 0) is 51.4 Å². The van der Waals surface area contributed by atoms with Crippen LogP contribution in [0.4, 0.5) is 0 Å². The number of ether oxygens (including phenoxy) is 1. The van der Waals surface area contributed by atoms with Crippen molar-refractivity contribution in [2.24, 2.45) is 0 Å². The molecular weight excluding hydrogens is 260 g/mol. The predicted octanol–water partition coefficient (Wildman–Crippen LogP) is 4.42. The zero-order valence-corrected chi connectivity index (χ0v) is 12.7. The highest BCUT2D eigenvalue weighted by atomic mass is 16.5. The first-order valence-corrected chi connectivity index (χ1v) is 7.69. The van der Waals surface area contributed by atoms with Gasteiger partial charge in [-0.15, -0.1) is 0 Å². The molecule has 2 heterocycles. The first-order valence-electron chi connectivity index (χ1n) is 7.69. The Labute approximate surface area is 126 Å². The lowest BCUT2D eigenvalue weighted by molar-refractivity contribution is 0.202. The van der Waals surface area contributed by atoms with Crippen molar-refractivity contribution >= 4 is 0 Å². The van der Waals surface area contributed by atoms with Crippen LogP contribution >= 0.6 is 0 Å². The largest absolute Gasteiger partial charge is 0.439 e. The third-order valence-electron chi connectivity index (χ3n) is 4.07. The van der Waals surface area contributed by atoms with E-state index < -0.39 is 0 Å². The fourth-order valence-electron chi connectivity index (χ4n) is 3.08. The molecule has 1 aliphatic rings. The smallest absolute Gasteiger partial charge is 0.223 e. The van der Waals surface area contributed by atoms with Crippen molar-refractivity contribution in [2.45, 2.75) is 38.8 Å². The second kappa shape index (κ2) is 6.27. The van der Waals surface area contributed by atoms with Gasteiger partial charge < -0.3 is 4.74 Å². The van der Waals surface area contributed by atoms with Crippen LogP contribution in [-0.2, 0) is 0 Å². The molecule has 1 saturated heterocycles. The minimum atomic E-state index is 0.414. The van der Waals surface area contributed by atoms with Crippen molar-refractivity contribution in [3.05, 3.63) is 54.2 Å². The molecule has 0 N–H and O–H groups in total. The lowest BCUT2D eigenvalue weighted by atomic mass is 10.1. The van der Waals surface area contributed by atoms with E-state index in [9.17, 15) is 0 Å². The summed E-state index contributed by atoms with van der Waals surface area (Å²) in [5.41, 5.74) is 1.20. The van der Waals surface area contributed by atoms with Crippen LogP contribution in [0.5, 0.6) is 11.6 Å². The Morgan fingerprint density at radius 2 is 1.95 bits per heavy atom.